The van der Waals surface area contributed by atoms with Crippen molar-refractivity contribution in [1.29, 1.82) is 0 Å². The van der Waals surface area contributed by atoms with Crippen molar-refractivity contribution in [3.8, 4) is 5.75 Å². The molecule has 0 spiro atoms. The molecule has 3 aromatic rings. The third-order valence-electron chi connectivity index (χ3n) is 5.80. The Morgan fingerprint density at radius 2 is 1.89 bits per heavy atom. The van der Waals surface area contributed by atoms with Gasteiger partial charge in [-0.1, -0.05) is 42.5 Å². The van der Waals surface area contributed by atoms with Crippen LogP contribution in [0.3, 0.4) is 0 Å². The Morgan fingerprint density at radius 1 is 1.04 bits per heavy atom. The van der Waals surface area contributed by atoms with Gasteiger partial charge in [0.05, 0.1) is 6.04 Å². The van der Waals surface area contributed by atoms with E-state index >= 15 is 0 Å². The topological polar surface area (TPSA) is 51.2 Å². The molecule has 1 atom stereocenters. The lowest BCUT2D eigenvalue weighted by molar-refractivity contribution is -0.131. The van der Waals surface area contributed by atoms with Crippen LogP contribution in [0, 0.1) is 5.92 Å². The van der Waals surface area contributed by atoms with Gasteiger partial charge in [0.25, 0.3) is 0 Å². The van der Waals surface area contributed by atoms with Gasteiger partial charge in [-0.3, -0.25) is 9.78 Å². The molecule has 5 rings (SSSR count). The van der Waals surface area contributed by atoms with Gasteiger partial charge in [0.15, 0.2) is 0 Å². The van der Waals surface area contributed by atoms with Crippen molar-refractivity contribution < 1.29 is 9.53 Å². The van der Waals surface area contributed by atoms with Crippen molar-refractivity contribution in [2.75, 3.05) is 0 Å². The highest BCUT2D eigenvalue weighted by molar-refractivity contribution is 5.84. The number of nitrogens with one attached hydrogen (secondary N) is 1. The third kappa shape index (κ3) is 3.05. The van der Waals surface area contributed by atoms with Crippen LogP contribution in [0.5, 0.6) is 5.75 Å². The summed E-state index contributed by atoms with van der Waals surface area (Å²) in [7, 11) is 0. The standard InChI is InChI=1S/C23H22N2O2/c26-23(25-20-11-10-15-5-1-2-8-19(15)20)17-13-18(14-17)27-21-9-3-6-16-7-4-12-24-22(16)21/h1-9,12,17-18,20H,10-11,13-14H2,(H,25,26)/t17-,18-,20?. The largest absolute Gasteiger partial charge is 0.488 e. The molecule has 2 aliphatic carbocycles. The Morgan fingerprint density at radius 3 is 2.81 bits per heavy atom. The summed E-state index contributed by atoms with van der Waals surface area (Å²) >= 11 is 0. The van der Waals surface area contributed by atoms with E-state index in [0.717, 1.165) is 42.3 Å². The highest BCUT2D eigenvalue weighted by Crippen LogP contribution is 2.36. The number of aryl methyl sites for hydroxylation is 1. The number of benzene rings is 2. The second-order valence-electron chi connectivity index (χ2n) is 7.54. The molecule has 4 heteroatoms. The Hall–Kier alpha value is -2.88. The van der Waals surface area contributed by atoms with Crippen LogP contribution in [-0.4, -0.2) is 17.0 Å². The average molecular weight is 358 g/mol. The first-order chi connectivity index (χ1) is 13.3. The zero-order valence-corrected chi connectivity index (χ0v) is 15.1. The second kappa shape index (κ2) is 6.69. The van der Waals surface area contributed by atoms with Crippen molar-refractivity contribution in [3.05, 3.63) is 71.9 Å². The number of rotatable bonds is 4. The van der Waals surface area contributed by atoms with Gasteiger partial charge in [-0.15, -0.1) is 0 Å². The first-order valence-corrected chi connectivity index (χ1v) is 9.66. The minimum atomic E-state index is 0.0469. The first-order valence-electron chi connectivity index (χ1n) is 9.66. The summed E-state index contributed by atoms with van der Waals surface area (Å²) in [6, 6.07) is 18.5. The number of carbonyl (C=O) groups excluding carboxylic acids is 1. The lowest BCUT2D eigenvalue weighted by Gasteiger charge is -2.35. The molecule has 136 valence electrons. The molecular formula is C23H22N2O2. The van der Waals surface area contributed by atoms with Crippen LogP contribution in [0.1, 0.15) is 36.4 Å². The summed E-state index contributed by atoms with van der Waals surface area (Å²) in [4.78, 5) is 17.1. The van der Waals surface area contributed by atoms with E-state index in [2.05, 4.69) is 34.6 Å². The van der Waals surface area contributed by atoms with E-state index in [1.807, 2.05) is 30.3 Å². The molecule has 0 bridgehead atoms. The normalized spacial score (nSPS) is 23.5. The van der Waals surface area contributed by atoms with Crippen molar-refractivity contribution in [2.45, 2.75) is 37.8 Å². The summed E-state index contributed by atoms with van der Waals surface area (Å²) in [5, 5.41) is 4.32. The van der Waals surface area contributed by atoms with Crippen molar-refractivity contribution in [2.24, 2.45) is 5.92 Å². The van der Waals surface area contributed by atoms with E-state index in [0.29, 0.717) is 0 Å². The third-order valence-corrected chi connectivity index (χ3v) is 5.80. The van der Waals surface area contributed by atoms with Gasteiger partial charge in [-0.2, -0.15) is 0 Å². The molecule has 2 aliphatic rings. The zero-order chi connectivity index (χ0) is 18.2. The Kier molecular flexibility index (Phi) is 4.04. The monoisotopic (exact) mass is 358 g/mol. The number of hydrogen-bond acceptors (Lipinski definition) is 3. The SMILES string of the molecule is O=C(NC1CCc2ccccc21)[C@H]1C[C@H](Oc2cccc3cccnc23)C1. The molecular weight excluding hydrogens is 336 g/mol. The summed E-state index contributed by atoms with van der Waals surface area (Å²) in [5.41, 5.74) is 3.52. The molecule has 0 aliphatic heterocycles. The smallest absolute Gasteiger partial charge is 0.223 e. The quantitative estimate of drug-likeness (QED) is 0.761. The number of amides is 1. The van der Waals surface area contributed by atoms with Gasteiger partial charge < -0.3 is 10.1 Å². The van der Waals surface area contributed by atoms with E-state index in [9.17, 15) is 4.79 Å². The fraction of sp³-hybridized carbons (Fsp3) is 0.304. The minimum absolute atomic E-state index is 0.0469. The molecule has 1 fully saturated rings. The zero-order valence-electron chi connectivity index (χ0n) is 15.1. The Bertz CT molecular complexity index is 989. The summed E-state index contributed by atoms with van der Waals surface area (Å²) in [6.45, 7) is 0. The highest BCUT2D eigenvalue weighted by atomic mass is 16.5. The molecule has 1 aromatic heterocycles. The average Bonchev–Trinajstić information content (AvgIpc) is 3.07. The lowest BCUT2D eigenvalue weighted by atomic mass is 9.81. The number of pyridine rings is 1. The fourth-order valence-corrected chi connectivity index (χ4v) is 4.22. The lowest BCUT2D eigenvalue weighted by Crippen LogP contribution is -2.44. The van der Waals surface area contributed by atoms with Crippen molar-refractivity contribution in [1.82, 2.24) is 10.3 Å². The molecule has 1 N–H and O–H groups in total. The van der Waals surface area contributed by atoms with E-state index < -0.39 is 0 Å². The Labute approximate surface area is 158 Å². The van der Waals surface area contributed by atoms with Crippen LogP contribution in [0.15, 0.2) is 60.8 Å². The first kappa shape index (κ1) is 16.3. The maximum atomic E-state index is 12.6. The second-order valence-corrected chi connectivity index (χ2v) is 7.54. The van der Waals surface area contributed by atoms with Crippen LogP contribution in [-0.2, 0) is 11.2 Å². The van der Waals surface area contributed by atoms with E-state index in [1.54, 1.807) is 6.20 Å². The maximum Gasteiger partial charge on any atom is 0.223 e. The predicted octanol–water partition coefficient (Wildman–Crippen LogP) is 4.20. The van der Waals surface area contributed by atoms with Crippen LogP contribution >= 0.6 is 0 Å². The number of nitrogens with zero attached hydrogens (tertiary/aromatic N) is 1. The van der Waals surface area contributed by atoms with Gasteiger partial charge in [0.2, 0.25) is 5.91 Å². The van der Waals surface area contributed by atoms with Crippen molar-refractivity contribution in [3.63, 3.8) is 0 Å². The summed E-state index contributed by atoms with van der Waals surface area (Å²) < 4.78 is 6.13. The van der Waals surface area contributed by atoms with Gasteiger partial charge in [-0.25, -0.2) is 0 Å². The number of ether oxygens (including phenoxy) is 1. The van der Waals surface area contributed by atoms with Crippen LogP contribution in [0.4, 0.5) is 0 Å². The molecule has 0 saturated heterocycles. The van der Waals surface area contributed by atoms with Crippen LogP contribution < -0.4 is 10.1 Å². The van der Waals surface area contributed by atoms with E-state index in [1.165, 1.54) is 11.1 Å². The van der Waals surface area contributed by atoms with Gasteiger partial charge in [0, 0.05) is 17.5 Å². The molecule has 0 radical (unpaired) electrons. The molecule has 1 saturated carbocycles. The number of carbonyl (C=O) groups is 1. The number of hydrogen-bond donors (Lipinski definition) is 1. The minimum Gasteiger partial charge on any atom is -0.488 e. The number of aromatic nitrogens is 1. The molecule has 27 heavy (non-hydrogen) atoms. The van der Waals surface area contributed by atoms with Gasteiger partial charge >= 0.3 is 0 Å². The van der Waals surface area contributed by atoms with Crippen molar-refractivity contribution >= 4 is 16.8 Å². The molecule has 1 unspecified atom stereocenters. The fourth-order valence-electron chi connectivity index (χ4n) is 4.22. The van der Waals surface area contributed by atoms with E-state index in [-0.39, 0.29) is 24.0 Å². The summed E-state index contributed by atoms with van der Waals surface area (Å²) in [6.07, 6.45) is 5.45. The van der Waals surface area contributed by atoms with Crippen LogP contribution in [0.25, 0.3) is 10.9 Å². The molecule has 1 amide bonds. The van der Waals surface area contributed by atoms with Crippen LogP contribution in [0.2, 0.25) is 0 Å². The van der Waals surface area contributed by atoms with E-state index in [4.69, 9.17) is 4.74 Å². The molecule has 2 aromatic carbocycles. The molecule has 4 nitrogen and oxygen atoms in total. The molecule has 1 heterocycles. The highest BCUT2D eigenvalue weighted by Gasteiger charge is 2.37. The predicted molar refractivity (Wildman–Crippen MR) is 105 cm³/mol. The van der Waals surface area contributed by atoms with Gasteiger partial charge in [-0.05, 0) is 48.9 Å². The number of para-hydroxylation sites is 1. The Balaban J connectivity index is 1.19. The van der Waals surface area contributed by atoms with Gasteiger partial charge in [0.1, 0.15) is 17.4 Å². The summed E-state index contributed by atoms with van der Waals surface area (Å²) in [5.74, 6) is 1.01. The number of fused-ring (bicyclic) bond motifs is 2. The maximum absolute atomic E-state index is 12.6.